The molecule has 0 fully saturated rings. The summed E-state index contributed by atoms with van der Waals surface area (Å²) in [5, 5.41) is 2.62. The van der Waals surface area contributed by atoms with Gasteiger partial charge in [0, 0.05) is 12.5 Å². The van der Waals surface area contributed by atoms with Gasteiger partial charge in [0.05, 0.1) is 12.8 Å². The van der Waals surface area contributed by atoms with Crippen molar-refractivity contribution in [3.8, 4) is 5.75 Å². The van der Waals surface area contributed by atoms with Crippen LogP contribution in [0.2, 0.25) is 0 Å². The van der Waals surface area contributed by atoms with Gasteiger partial charge in [-0.05, 0) is 25.1 Å². The number of methoxy groups -OCH3 is 1. The lowest BCUT2D eigenvalue weighted by Gasteiger charge is -2.09. The summed E-state index contributed by atoms with van der Waals surface area (Å²) in [6.07, 6.45) is 0. The number of ketones is 1. The van der Waals surface area contributed by atoms with Crippen molar-refractivity contribution < 1.29 is 14.3 Å². The maximum atomic E-state index is 11.1. The molecule has 0 bridgehead atoms. The van der Waals surface area contributed by atoms with E-state index in [2.05, 4.69) is 5.32 Å². The van der Waals surface area contributed by atoms with Crippen molar-refractivity contribution >= 4 is 17.4 Å². The first-order valence-corrected chi connectivity index (χ1v) is 4.51. The third-order valence-corrected chi connectivity index (χ3v) is 1.92. The van der Waals surface area contributed by atoms with E-state index < -0.39 is 0 Å². The number of hydrogen-bond acceptors (Lipinski definition) is 3. The van der Waals surface area contributed by atoms with Gasteiger partial charge in [-0.15, -0.1) is 0 Å². The summed E-state index contributed by atoms with van der Waals surface area (Å²) in [6, 6.07) is 4.90. The van der Waals surface area contributed by atoms with Gasteiger partial charge in [0.25, 0.3) is 0 Å². The molecule has 1 amide bonds. The molecular formula is C11H13NO3. The van der Waals surface area contributed by atoms with Crippen LogP contribution < -0.4 is 10.1 Å². The fourth-order valence-corrected chi connectivity index (χ4v) is 1.20. The summed E-state index contributed by atoms with van der Waals surface area (Å²) in [6.45, 7) is 2.89. The Balaban J connectivity index is 3.08. The molecule has 0 unspecified atom stereocenters. The smallest absolute Gasteiger partial charge is 0.221 e. The number of nitrogens with one attached hydrogen (secondary N) is 1. The van der Waals surface area contributed by atoms with Crippen molar-refractivity contribution in [3.63, 3.8) is 0 Å². The number of anilines is 1. The van der Waals surface area contributed by atoms with E-state index in [1.807, 2.05) is 0 Å². The van der Waals surface area contributed by atoms with Crippen molar-refractivity contribution in [3.05, 3.63) is 23.8 Å². The quantitative estimate of drug-likeness (QED) is 0.769. The van der Waals surface area contributed by atoms with Gasteiger partial charge in [-0.25, -0.2) is 0 Å². The van der Waals surface area contributed by atoms with Gasteiger partial charge in [-0.2, -0.15) is 0 Å². The van der Waals surface area contributed by atoms with E-state index in [0.717, 1.165) is 0 Å². The fourth-order valence-electron chi connectivity index (χ4n) is 1.20. The molecule has 80 valence electrons. The van der Waals surface area contributed by atoms with Crippen LogP contribution in [-0.4, -0.2) is 18.8 Å². The number of ether oxygens (including phenoxy) is 1. The normalized spacial score (nSPS) is 9.53. The highest BCUT2D eigenvalue weighted by Gasteiger charge is 2.07. The first-order chi connectivity index (χ1) is 7.04. The topological polar surface area (TPSA) is 55.4 Å². The summed E-state index contributed by atoms with van der Waals surface area (Å²) < 4.78 is 5.07. The Labute approximate surface area is 88.2 Å². The van der Waals surface area contributed by atoms with Gasteiger partial charge in [0.2, 0.25) is 5.91 Å². The van der Waals surface area contributed by atoms with E-state index >= 15 is 0 Å². The molecule has 0 spiro atoms. The molecule has 0 radical (unpaired) electrons. The monoisotopic (exact) mass is 207 g/mol. The average Bonchev–Trinajstić information content (AvgIpc) is 2.17. The lowest BCUT2D eigenvalue weighted by atomic mass is 10.1. The molecule has 0 aliphatic carbocycles. The number of rotatable bonds is 3. The largest absolute Gasteiger partial charge is 0.495 e. The SMILES string of the molecule is COc1cc(C(C)=O)ccc1NC(C)=O. The lowest BCUT2D eigenvalue weighted by Crippen LogP contribution is -2.07. The van der Waals surface area contributed by atoms with Crippen molar-refractivity contribution in [1.29, 1.82) is 0 Å². The Hall–Kier alpha value is -1.84. The molecule has 0 heterocycles. The van der Waals surface area contributed by atoms with Gasteiger partial charge >= 0.3 is 0 Å². The highest BCUT2D eigenvalue weighted by Crippen LogP contribution is 2.25. The van der Waals surface area contributed by atoms with Gasteiger partial charge in [-0.3, -0.25) is 9.59 Å². The van der Waals surface area contributed by atoms with Crippen LogP contribution in [-0.2, 0) is 4.79 Å². The number of Topliss-reactive ketones (excluding diaryl/α,β-unsaturated/α-hetero) is 1. The molecule has 1 aromatic rings. The maximum absolute atomic E-state index is 11.1. The minimum atomic E-state index is -0.177. The first kappa shape index (κ1) is 11.2. The van der Waals surface area contributed by atoms with Crippen LogP contribution in [0.5, 0.6) is 5.75 Å². The van der Waals surface area contributed by atoms with E-state index in [9.17, 15) is 9.59 Å². The molecule has 1 rings (SSSR count). The van der Waals surface area contributed by atoms with Crippen LogP contribution in [0.15, 0.2) is 18.2 Å². The van der Waals surface area contributed by atoms with Crippen LogP contribution in [0.4, 0.5) is 5.69 Å². The second-order valence-electron chi connectivity index (χ2n) is 3.15. The van der Waals surface area contributed by atoms with Gasteiger partial charge < -0.3 is 10.1 Å². The number of carbonyl (C=O) groups is 2. The Morgan fingerprint density at radius 3 is 2.40 bits per heavy atom. The average molecular weight is 207 g/mol. The second kappa shape index (κ2) is 4.59. The molecule has 4 nitrogen and oxygen atoms in total. The molecule has 15 heavy (non-hydrogen) atoms. The molecular weight excluding hydrogens is 194 g/mol. The zero-order valence-corrected chi connectivity index (χ0v) is 8.96. The van der Waals surface area contributed by atoms with Gasteiger partial charge in [-0.1, -0.05) is 0 Å². The Morgan fingerprint density at radius 1 is 1.27 bits per heavy atom. The van der Waals surface area contributed by atoms with E-state index in [0.29, 0.717) is 17.0 Å². The van der Waals surface area contributed by atoms with E-state index in [4.69, 9.17) is 4.74 Å². The minimum Gasteiger partial charge on any atom is -0.495 e. The highest BCUT2D eigenvalue weighted by atomic mass is 16.5. The maximum Gasteiger partial charge on any atom is 0.221 e. The standard InChI is InChI=1S/C11H13NO3/c1-7(13)9-4-5-10(12-8(2)14)11(6-9)15-3/h4-6H,1-3H3,(H,12,14). The molecule has 0 aliphatic heterocycles. The number of carbonyl (C=O) groups excluding carboxylic acids is 2. The Bertz CT molecular complexity index is 399. The molecule has 0 atom stereocenters. The van der Waals surface area contributed by atoms with E-state index in [1.165, 1.54) is 21.0 Å². The zero-order chi connectivity index (χ0) is 11.4. The molecule has 0 aromatic heterocycles. The van der Waals surface area contributed by atoms with Crippen LogP contribution in [0.1, 0.15) is 24.2 Å². The predicted octanol–water partition coefficient (Wildman–Crippen LogP) is 1.86. The molecule has 0 aliphatic rings. The summed E-state index contributed by atoms with van der Waals surface area (Å²) in [5.41, 5.74) is 1.12. The lowest BCUT2D eigenvalue weighted by molar-refractivity contribution is -0.114. The zero-order valence-electron chi connectivity index (χ0n) is 8.96. The van der Waals surface area contributed by atoms with Crippen molar-refractivity contribution in [2.24, 2.45) is 0 Å². The summed E-state index contributed by atoms with van der Waals surface area (Å²) in [7, 11) is 1.49. The second-order valence-corrected chi connectivity index (χ2v) is 3.15. The first-order valence-electron chi connectivity index (χ1n) is 4.51. The molecule has 4 heteroatoms. The van der Waals surface area contributed by atoms with Crippen molar-refractivity contribution in [2.45, 2.75) is 13.8 Å². The van der Waals surface area contributed by atoms with Gasteiger partial charge in [0.15, 0.2) is 5.78 Å². The Morgan fingerprint density at radius 2 is 1.93 bits per heavy atom. The van der Waals surface area contributed by atoms with Crippen LogP contribution in [0.25, 0.3) is 0 Å². The third-order valence-electron chi connectivity index (χ3n) is 1.92. The molecule has 1 N–H and O–H groups in total. The van der Waals surface area contributed by atoms with Gasteiger partial charge in [0.1, 0.15) is 5.75 Å². The molecule has 1 aromatic carbocycles. The summed E-state index contributed by atoms with van der Waals surface area (Å²) >= 11 is 0. The van der Waals surface area contributed by atoms with E-state index in [1.54, 1.807) is 18.2 Å². The fraction of sp³-hybridized carbons (Fsp3) is 0.273. The molecule has 0 saturated carbocycles. The predicted molar refractivity (Wildman–Crippen MR) is 57.3 cm³/mol. The van der Waals surface area contributed by atoms with Crippen LogP contribution in [0.3, 0.4) is 0 Å². The highest BCUT2D eigenvalue weighted by molar-refractivity contribution is 5.96. The summed E-state index contributed by atoms with van der Waals surface area (Å²) in [5.74, 6) is 0.268. The van der Waals surface area contributed by atoms with E-state index in [-0.39, 0.29) is 11.7 Å². The number of amides is 1. The molecule has 0 saturated heterocycles. The Kier molecular flexibility index (Phi) is 3.44. The van der Waals surface area contributed by atoms with Crippen LogP contribution >= 0.6 is 0 Å². The van der Waals surface area contributed by atoms with Crippen molar-refractivity contribution in [2.75, 3.05) is 12.4 Å². The number of benzene rings is 1. The van der Waals surface area contributed by atoms with Crippen molar-refractivity contribution in [1.82, 2.24) is 0 Å². The third kappa shape index (κ3) is 2.80. The van der Waals surface area contributed by atoms with Crippen LogP contribution in [0, 0.1) is 0 Å². The summed E-state index contributed by atoms with van der Waals surface area (Å²) in [4.78, 5) is 22.0. The minimum absolute atomic E-state index is 0.0392. The number of hydrogen-bond donors (Lipinski definition) is 1.